The quantitative estimate of drug-likeness (QED) is 0.674. The van der Waals surface area contributed by atoms with Crippen molar-refractivity contribution in [3.8, 4) is 17.1 Å². The molecule has 0 fully saturated rings. The van der Waals surface area contributed by atoms with Gasteiger partial charge in [0.1, 0.15) is 18.2 Å². The summed E-state index contributed by atoms with van der Waals surface area (Å²) < 4.78 is 7.97. The largest absolute Gasteiger partial charge is 0.492 e. The van der Waals surface area contributed by atoms with E-state index >= 15 is 0 Å². The van der Waals surface area contributed by atoms with E-state index in [0.29, 0.717) is 18.1 Å². The molecule has 3 heterocycles. The van der Waals surface area contributed by atoms with Crippen LogP contribution in [0.15, 0.2) is 42.5 Å². The minimum absolute atomic E-state index is 0.0512. The SMILES string of the molecule is O=C(Nc1ccc(-c2nnc3n2CCCCC3)cc1)C1COc2ccc(Cl)cc2C1. The van der Waals surface area contributed by atoms with E-state index in [-0.39, 0.29) is 11.8 Å². The number of amides is 1. The lowest BCUT2D eigenvalue weighted by Gasteiger charge is -2.24. The molecule has 7 heteroatoms. The van der Waals surface area contributed by atoms with Gasteiger partial charge in [-0.25, -0.2) is 0 Å². The third kappa shape index (κ3) is 3.79. The van der Waals surface area contributed by atoms with Crippen molar-refractivity contribution in [3.05, 3.63) is 58.9 Å². The molecule has 3 aromatic rings. The first-order chi connectivity index (χ1) is 14.7. The number of benzene rings is 2. The summed E-state index contributed by atoms with van der Waals surface area (Å²) in [5.74, 6) is 2.48. The molecule has 1 atom stereocenters. The number of carbonyl (C=O) groups is 1. The fraction of sp³-hybridized carbons (Fsp3) is 0.348. The minimum atomic E-state index is -0.247. The summed E-state index contributed by atoms with van der Waals surface area (Å²) in [6, 6.07) is 13.3. The molecule has 0 radical (unpaired) electrons. The Balaban J connectivity index is 1.28. The van der Waals surface area contributed by atoms with Crippen LogP contribution in [-0.4, -0.2) is 27.3 Å². The van der Waals surface area contributed by atoms with Crippen LogP contribution in [0.3, 0.4) is 0 Å². The Bertz CT molecular complexity index is 1080. The van der Waals surface area contributed by atoms with Gasteiger partial charge in [0, 0.05) is 29.2 Å². The number of fused-ring (bicyclic) bond motifs is 2. The molecule has 6 nitrogen and oxygen atoms in total. The van der Waals surface area contributed by atoms with E-state index in [4.69, 9.17) is 16.3 Å². The molecule has 0 saturated heterocycles. The normalized spacial score (nSPS) is 18.0. The maximum absolute atomic E-state index is 12.8. The van der Waals surface area contributed by atoms with E-state index < -0.39 is 0 Å². The van der Waals surface area contributed by atoms with Gasteiger partial charge in [-0.05, 0) is 67.3 Å². The van der Waals surface area contributed by atoms with E-state index in [1.807, 2.05) is 36.4 Å². The van der Waals surface area contributed by atoms with Crippen LogP contribution < -0.4 is 10.1 Å². The van der Waals surface area contributed by atoms with Gasteiger partial charge in [-0.2, -0.15) is 0 Å². The molecule has 2 aliphatic heterocycles. The second-order valence-corrected chi connectivity index (χ2v) is 8.37. The zero-order chi connectivity index (χ0) is 20.5. The molecule has 30 heavy (non-hydrogen) atoms. The highest BCUT2D eigenvalue weighted by molar-refractivity contribution is 6.30. The van der Waals surface area contributed by atoms with Crippen LogP contribution in [0.5, 0.6) is 5.75 Å². The van der Waals surface area contributed by atoms with Crippen molar-refractivity contribution in [1.82, 2.24) is 14.8 Å². The molecule has 0 aliphatic carbocycles. The number of anilines is 1. The van der Waals surface area contributed by atoms with Crippen LogP contribution in [0.2, 0.25) is 5.02 Å². The molecular formula is C23H23ClN4O2. The first-order valence-corrected chi connectivity index (χ1v) is 10.8. The lowest BCUT2D eigenvalue weighted by molar-refractivity contribution is -0.121. The van der Waals surface area contributed by atoms with E-state index in [0.717, 1.165) is 53.6 Å². The molecule has 2 aliphatic rings. The van der Waals surface area contributed by atoms with Crippen molar-refractivity contribution in [3.63, 3.8) is 0 Å². The summed E-state index contributed by atoms with van der Waals surface area (Å²) in [5, 5.41) is 12.4. The summed E-state index contributed by atoms with van der Waals surface area (Å²) in [6.45, 7) is 1.33. The molecule has 1 aromatic heterocycles. The van der Waals surface area contributed by atoms with Gasteiger partial charge in [0.05, 0.1) is 5.92 Å². The molecule has 5 rings (SSSR count). The van der Waals surface area contributed by atoms with E-state index in [2.05, 4.69) is 20.1 Å². The van der Waals surface area contributed by atoms with Gasteiger partial charge in [-0.1, -0.05) is 18.0 Å². The molecular weight excluding hydrogens is 400 g/mol. The minimum Gasteiger partial charge on any atom is -0.492 e. The highest BCUT2D eigenvalue weighted by Gasteiger charge is 2.26. The summed E-state index contributed by atoms with van der Waals surface area (Å²) in [7, 11) is 0. The average Bonchev–Trinajstić information content (AvgIpc) is 3.01. The Morgan fingerprint density at radius 1 is 1.10 bits per heavy atom. The van der Waals surface area contributed by atoms with Crippen LogP contribution in [0.4, 0.5) is 5.69 Å². The number of aromatic nitrogens is 3. The van der Waals surface area contributed by atoms with Crippen LogP contribution in [0.1, 0.15) is 30.7 Å². The number of hydrogen-bond acceptors (Lipinski definition) is 4. The lowest BCUT2D eigenvalue weighted by atomic mass is 9.96. The number of halogens is 1. The third-order valence-corrected chi connectivity index (χ3v) is 6.05. The predicted molar refractivity (Wildman–Crippen MR) is 116 cm³/mol. The predicted octanol–water partition coefficient (Wildman–Crippen LogP) is 4.51. The van der Waals surface area contributed by atoms with Crippen molar-refractivity contribution < 1.29 is 9.53 Å². The Morgan fingerprint density at radius 3 is 2.83 bits per heavy atom. The molecule has 154 valence electrons. The van der Waals surface area contributed by atoms with Gasteiger partial charge in [0.15, 0.2) is 5.82 Å². The molecule has 1 unspecified atom stereocenters. The fourth-order valence-electron chi connectivity index (χ4n) is 4.18. The number of carbonyl (C=O) groups excluding carboxylic acids is 1. The van der Waals surface area contributed by atoms with Crippen molar-refractivity contribution in [2.45, 2.75) is 38.6 Å². The maximum atomic E-state index is 12.8. The zero-order valence-corrected chi connectivity index (χ0v) is 17.4. The molecule has 0 saturated carbocycles. The monoisotopic (exact) mass is 422 g/mol. The topological polar surface area (TPSA) is 69.0 Å². The fourth-order valence-corrected chi connectivity index (χ4v) is 4.37. The molecule has 0 bridgehead atoms. The Kier molecular flexibility index (Phi) is 5.17. The first kappa shape index (κ1) is 19.1. The number of aryl methyl sites for hydroxylation is 1. The second-order valence-electron chi connectivity index (χ2n) is 7.93. The zero-order valence-electron chi connectivity index (χ0n) is 16.6. The van der Waals surface area contributed by atoms with Gasteiger partial charge >= 0.3 is 0 Å². The number of nitrogens with zero attached hydrogens (tertiary/aromatic N) is 3. The molecule has 1 N–H and O–H groups in total. The van der Waals surface area contributed by atoms with Crippen LogP contribution in [0.25, 0.3) is 11.4 Å². The second kappa shape index (κ2) is 8.11. The van der Waals surface area contributed by atoms with Gasteiger partial charge in [0.25, 0.3) is 0 Å². The van der Waals surface area contributed by atoms with E-state index in [9.17, 15) is 4.79 Å². The molecule has 2 aromatic carbocycles. The van der Waals surface area contributed by atoms with E-state index in [1.54, 1.807) is 6.07 Å². The third-order valence-electron chi connectivity index (χ3n) is 5.82. The maximum Gasteiger partial charge on any atom is 0.231 e. The highest BCUT2D eigenvalue weighted by Crippen LogP contribution is 2.30. The summed E-state index contributed by atoms with van der Waals surface area (Å²) in [4.78, 5) is 12.8. The van der Waals surface area contributed by atoms with Gasteiger partial charge in [-0.15, -0.1) is 10.2 Å². The van der Waals surface area contributed by atoms with Crippen molar-refractivity contribution in [2.24, 2.45) is 5.92 Å². The summed E-state index contributed by atoms with van der Waals surface area (Å²) in [6.07, 6.45) is 5.16. The van der Waals surface area contributed by atoms with Crippen LogP contribution >= 0.6 is 11.6 Å². The van der Waals surface area contributed by atoms with Crippen molar-refractivity contribution >= 4 is 23.2 Å². The van der Waals surface area contributed by atoms with Crippen molar-refractivity contribution in [1.29, 1.82) is 0 Å². The Hall–Kier alpha value is -2.86. The highest BCUT2D eigenvalue weighted by atomic mass is 35.5. The first-order valence-electron chi connectivity index (χ1n) is 10.4. The summed E-state index contributed by atoms with van der Waals surface area (Å²) in [5.41, 5.74) is 2.74. The Labute approximate surface area is 180 Å². The smallest absolute Gasteiger partial charge is 0.231 e. The number of rotatable bonds is 3. The van der Waals surface area contributed by atoms with Gasteiger partial charge in [0.2, 0.25) is 5.91 Å². The average molecular weight is 423 g/mol. The van der Waals surface area contributed by atoms with Crippen molar-refractivity contribution in [2.75, 3.05) is 11.9 Å². The molecule has 0 spiro atoms. The van der Waals surface area contributed by atoms with Gasteiger partial charge < -0.3 is 14.6 Å². The standard InChI is InChI=1S/C23H23ClN4O2/c24-18-7-10-20-16(13-18)12-17(14-30-20)23(29)25-19-8-5-15(6-9-19)22-27-26-21-4-2-1-3-11-28(21)22/h5-10,13,17H,1-4,11-12,14H2,(H,25,29). The van der Waals surface area contributed by atoms with Gasteiger partial charge in [-0.3, -0.25) is 4.79 Å². The molecule has 1 amide bonds. The van der Waals surface area contributed by atoms with Crippen LogP contribution in [0, 0.1) is 5.92 Å². The Morgan fingerprint density at radius 2 is 1.97 bits per heavy atom. The number of nitrogens with one attached hydrogen (secondary N) is 1. The summed E-state index contributed by atoms with van der Waals surface area (Å²) >= 11 is 6.08. The number of hydrogen-bond donors (Lipinski definition) is 1. The van der Waals surface area contributed by atoms with E-state index in [1.165, 1.54) is 12.8 Å². The van der Waals surface area contributed by atoms with Crippen LogP contribution in [-0.2, 0) is 24.2 Å². The lowest BCUT2D eigenvalue weighted by Crippen LogP contribution is -2.32. The number of ether oxygens (including phenoxy) is 1.